The van der Waals surface area contributed by atoms with Crippen molar-refractivity contribution >= 4 is 12.1 Å². The molecule has 2 rings (SSSR count). The topological polar surface area (TPSA) is 50.7 Å². The molecular formula is C20H24N2O2. The number of benzene rings is 2. The van der Waals surface area contributed by atoms with Gasteiger partial charge in [0.1, 0.15) is 5.75 Å². The fourth-order valence-electron chi connectivity index (χ4n) is 2.32. The van der Waals surface area contributed by atoms with Gasteiger partial charge in [0.05, 0.1) is 6.21 Å². The average molecular weight is 324 g/mol. The van der Waals surface area contributed by atoms with Crippen molar-refractivity contribution < 1.29 is 9.53 Å². The molecule has 2 aromatic rings. The molecule has 0 unspecified atom stereocenters. The van der Waals surface area contributed by atoms with Crippen LogP contribution < -0.4 is 10.2 Å². The minimum Gasteiger partial charge on any atom is -0.483 e. The fourth-order valence-corrected chi connectivity index (χ4v) is 2.32. The van der Waals surface area contributed by atoms with E-state index in [2.05, 4.69) is 30.4 Å². The van der Waals surface area contributed by atoms with Crippen LogP contribution in [0.5, 0.6) is 5.75 Å². The lowest BCUT2D eigenvalue weighted by Gasteiger charge is -2.14. The van der Waals surface area contributed by atoms with Gasteiger partial charge >= 0.3 is 0 Å². The first-order valence-corrected chi connectivity index (χ1v) is 8.08. The summed E-state index contributed by atoms with van der Waals surface area (Å²) in [5, 5.41) is 3.99. The quantitative estimate of drug-likeness (QED) is 0.646. The standard InChI is InChI=1S/C20H24N2O2/c1-14(2)18-10-9-15(3)11-19(18)24-13-20(23)22-21-12-17-8-6-5-7-16(17)4/h5-12,14H,13H2,1-4H3,(H,22,23). The zero-order chi connectivity index (χ0) is 17.5. The molecule has 0 saturated heterocycles. The number of hydrogen-bond donors (Lipinski definition) is 1. The van der Waals surface area contributed by atoms with Crippen LogP contribution in [0.3, 0.4) is 0 Å². The van der Waals surface area contributed by atoms with Crippen LogP contribution >= 0.6 is 0 Å². The first kappa shape index (κ1) is 17.7. The third-order valence-corrected chi connectivity index (χ3v) is 3.73. The van der Waals surface area contributed by atoms with Crippen LogP contribution in [0.2, 0.25) is 0 Å². The van der Waals surface area contributed by atoms with Crippen LogP contribution in [0, 0.1) is 13.8 Å². The van der Waals surface area contributed by atoms with Crippen molar-refractivity contribution in [3.63, 3.8) is 0 Å². The van der Waals surface area contributed by atoms with Crippen molar-refractivity contribution in [2.45, 2.75) is 33.6 Å². The Labute approximate surface area is 143 Å². The van der Waals surface area contributed by atoms with E-state index in [0.29, 0.717) is 5.92 Å². The van der Waals surface area contributed by atoms with E-state index in [0.717, 1.165) is 28.0 Å². The molecule has 0 aliphatic rings. The Morgan fingerprint density at radius 3 is 2.67 bits per heavy atom. The molecule has 0 aliphatic carbocycles. The van der Waals surface area contributed by atoms with Gasteiger partial charge in [-0.05, 0) is 48.1 Å². The molecule has 0 saturated carbocycles. The molecule has 1 N–H and O–H groups in total. The van der Waals surface area contributed by atoms with E-state index in [4.69, 9.17) is 4.74 Å². The lowest BCUT2D eigenvalue weighted by molar-refractivity contribution is -0.123. The zero-order valence-electron chi connectivity index (χ0n) is 14.7. The normalized spacial score (nSPS) is 11.0. The van der Waals surface area contributed by atoms with Crippen LogP contribution in [0.25, 0.3) is 0 Å². The molecule has 1 amide bonds. The Morgan fingerprint density at radius 1 is 1.21 bits per heavy atom. The largest absolute Gasteiger partial charge is 0.483 e. The van der Waals surface area contributed by atoms with Gasteiger partial charge in [0, 0.05) is 0 Å². The SMILES string of the molecule is Cc1ccc(C(C)C)c(OCC(=O)NN=Cc2ccccc2C)c1. The predicted molar refractivity (Wildman–Crippen MR) is 97.7 cm³/mol. The summed E-state index contributed by atoms with van der Waals surface area (Å²) in [6.45, 7) is 8.14. The second-order valence-electron chi connectivity index (χ2n) is 6.13. The number of hydrogen-bond acceptors (Lipinski definition) is 3. The van der Waals surface area contributed by atoms with Crippen molar-refractivity contribution in [3.8, 4) is 5.75 Å². The number of carbonyl (C=O) groups is 1. The van der Waals surface area contributed by atoms with Gasteiger partial charge in [-0.1, -0.05) is 50.2 Å². The number of nitrogens with zero attached hydrogens (tertiary/aromatic N) is 1. The highest BCUT2D eigenvalue weighted by molar-refractivity contribution is 5.84. The van der Waals surface area contributed by atoms with Crippen LogP contribution in [0.1, 0.15) is 42.0 Å². The summed E-state index contributed by atoms with van der Waals surface area (Å²) in [5.41, 5.74) is 6.77. The number of aryl methyl sites for hydroxylation is 2. The molecule has 126 valence electrons. The second-order valence-corrected chi connectivity index (χ2v) is 6.13. The van der Waals surface area contributed by atoms with Crippen LogP contribution in [-0.4, -0.2) is 18.7 Å². The van der Waals surface area contributed by atoms with Gasteiger partial charge in [-0.25, -0.2) is 5.43 Å². The van der Waals surface area contributed by atoms with E-state index in [1.807, 2.05) is 50.2 Å². The van der Waals surface area contributed by atoms with Gasteiger partial charge < -0.3 is 4.74 Å². The summed E-state index contributed by atoms with van der Waals surface area (Å²) >= 11 is 0. The minimum atomic E-state index is -0.281. The smallest absolute Gasteiger partial charge is 0.277 e. The van der Waals surface area contributed by atoms with Gasteiger partial charge in [0.2, 0.25) is 0 Å². The highest BCUT2D eigenvalue weighted by atomic mass is 16.5. The van der Waals surface area contributed by atoms with Gasteiger partial charge in [-0.2, -0.15) is 5.10 Å². The fraction of sp³-hybridized carbons (Fsp3) is 0.300. The predicted octanol–water partition coefficient (Wildman–Crippen LogP) is 3.96. The third kappa shape index (κ3) is 4.95. The maximum absolute atomic E-state index is 11.9. The molecule has 0 atom stereocenters. The Kier molecular flexibility index (Phi) is 6.13. The molecule has 0 fully saturated rings. The average Bonchev–Trinajstić information content (AvgIpc) is 2.54. The summed E-state index contributed by atoms with van der Waals surface area (Å²) in [6, 6.07) is 13.9. The molecule has 24 heavy (non-hydrogen) atoms. The van der Waals surface area contributed by atoms with Crippen LogP contribution in [0.15, 0.2) is 47.6 Å². The zero-order valence-corrected chi connectivity index (χ0v) is 14.7. The molecule has 0 radical (unpaired) electrons. The van der Waals surface area contributed by atoms with Crippen molar-refractivity contribution in [1.82, 2.24) is 5.43 Å². The van der Waals surface area contributed by atoms with E-state index < -0.39 is 0 Å². The van der Waals surface area contributed by atoms with Crippen molar-refractivity contribution in [2.24, 2.45) is 5.10 Å². The molecule has 2 aromatic carbocycles. The van der Waals surface area contributed by atoms with Crippen molar-refractivity contribution in [2.75, 3.05) is 6.61 Å². The van der Waals surface area contributed by atoms with Crippen molar-refractivity contribution in [3.05, 3.63) is 64.7 Å². The number of amides is 1. The maximum Gasteiger partial charge on any atom is 0.277 e. The number of rotatable bonds is 6. The molecule has 0 aromatic heterocycles. The Bertz CT molecular complexity index is 736. The van der Waals surface area contributed by atoms with Crippen LogP contribution in [0.4, 0.5) is 0 Å². The first-order valence-electron chi connectivity index (χ1n) is 8.08. The van der Waals surface area contributed by atoms with Crippen LogP contribution in [-0.2, 0) is 4.79 Å². The Hall–Kier alpha value is -2.62. The molecule has 4 nitrogen and oxygen atoms in total. The first-order chi connectivity index (χ1) is 11.5. The Morgan fingerprint density at radius 2 is 1.96 bits per heavy atom. The van der Waals surface area contributed by atoms with E-state index >= 15 is 0 Å². The molecule has 0 heterocycles. The highest BCUT2D eigenvalue weighted by Crippen LogP contribution is 2.27. The molecule has 0 bridgehead atoms. The van der Waals surface area contributed by atoms with Gasteiger partial charge in [-0.3, -0.25) is 4.79 Å². The van der Waals surface area contributed by atoms with E-state index in [-0.39, 0.29) is 12.5 Å². The third-order valence-electron chi connectivity index (χ3n) is 3.73. The van der Waals surface area contributed by atoms with Gasteiger partial charge in [-0.15, -0.1) is 0 Å². The lowest BCUT2D eigenvalue weighted by Crippen LogP contribution is -2.25. The lowest BCUT2D eigenvalue weighted by atomic mass is 10.0. The summed E-state index contributed by atoms with van der Waals surface area (Å²) in [4.78, 5) is 11.9. The summed E-state index contributed by atoms with van der Waals surface area (Å²) in [5.74, 6) is 0.807. The maximum atomic E-state index is 11.9. The summed E-state index contributed by atoms with van der Waals surface area (Å²) in [6.07, 6.45) is 1.64. The van der Waals surface area contributed by atoms with E-state index in [1.54, 1.807) is 6.21 Å². The minimum absolute atomic E-state index is 0.0612. The van der Waals surface area contributed by atoms with E-state index in [9.17, 15) is 4.79 Å². The molecule has 4 heteroatoms. The molecule has 0 spiro atoms. The summed E-state index contributed by atoms with van der Waals surface area (Å²) < 4.78 is 5.68. The van der Waals surface area contributed by atoms with E-state index in [1.165, 1.54) is 0 Å². The summed E-state index contributed by atoms with van der Waals surface area (Å²) in [7, 11) is 0. The molecule has 0 aliphatic heterocycles. The number of hydrazone groups is 1. The second kappa shape index (κ2) is 8.29. The monoisotopic (exact) mass is 324 g/mol. The molecular weight excluding hydrogens is 300 g/mol. The Balaban J connectivity index is 1.92. The number of ether oxygens (including phenoxy) is 1. The van der Waals surface area contributed by atoms with Gasteiger partial charge in [0.25, 0.3) is 5.91 Å². The highest BCUT2D eigenvalue weighted by Gasteiger charge is 2.10. The number of nitrogens with one attached hydrogen (secondary N) is 1. The van der Waals surface area contributed by atoms with Gasteiger partial charge in [0.15, 0.2) is 6.61 Å². The van der Waals surface area contributed by atoms with Crippen molar-refractivity contribution in [1.29, 1.82) is 0 Å². The number of carbonyl (C=O) groups excluding carboxylic acids is 1.